The number of carbonyl (C=O) groups excluding carboxylic acids is 1. The van der Waals surface area contributed by atoms with E-state index < -0.39 is 0 Å². The molecule has 2 fully saturated rings. The van der Waals surface area contributed by atoms with Gasteiger partial charge >= 0.3 is 0 Å². The minimum Gasteiger partial charge on any atom is -0.375 e. The van der Waals surface area contributed by atoms with Crippen LogP contribution in [-0.4, -0.2) is 42.1 Å². The molecule has 0 bridgehead atoms. The summed E-state index contributed by atoms with van der Waals surface area (Å²) in [6, 6.07) is 4.66. The quantitative estimate of drug-likeness (QED) is 0.867. The van der Waals surface area contributed by atoms with Crippen molar-refractivity contribution in [1.82, 2.24) is 10.2 Å². The molecule has 128 valence electrons. The Morgan fingerprint density at radius 1 is 1.35 bits per heavy atom. The zero-order chi connectivity index (χ0) is 16.1. The lowest BCUT2D eigenvalue weighted by molar-refractivity contribution is -0.122. The van der Waals surface area contributed by atoms with Crippen molar-refractivity contribution in [1.29, 1.82) is 0 Å². The van der Waals surface area contributed by atoms with Crippen LogP contribution in [0, 0.1) is 0 Å². The van der Waals surface area contributed by atoms with Crippen LogP contribution in [0.3, 0.4) is 0 Å². The Morgan fingerprint density at radius 3 is 2.83 bits per heavy atom. The smallest absolute Gasteiger partial charge is 0.220 e. The van der Waals surface area contributed by atoms with Crippen LogP contribution in [0.4, 0.5) is 0 Å². The lowest BCUT2D eigenvalue weighted by Crippen LogP contribution is -2.44. The molecule has 0 aliphatic carbocycles. The number of ether oxygens (including phenoxy) is 1. The van der Waals surface area contributed by atoms with Crippen molar-refractivity contribution < 1.29 is 9.53 Å². The lowest BCUT2D eigenvalue weighted by atomic mass is 10.0. The maximum absolute atomic E-state index is 12.1. The van der Waals surface area contributed by atoms with E-state index in [1.807, 2.05) is 11.3 Å². The van der Waals surface area contributed by atoms with Gasteiger partial charge in [0.1, 0.15) is 0 Å². The number of piperidine rings is 1. The molecule has 4 nitrogen and oxygen atoms in total. The molecule has 2 saturated heterocycles. The summed E-state index contributed by atoms with van der Waals surface area (Å²) in [5, 5.41) is 5.35. The molecule has 5 heteroatoms. The summed E-state index contributed by atoms with van der Waals surface area (Å²) in [6.07, 6.45) is 6.51. The Labute approximate surface area is 143 Å². The van der Waals surface area contributed by atoms with Crippen LogP contribution in [0.1, 0.15) is 50.3 Å². The molecule has 1 aromatic rings. The summed E-state index contributed by atoms with van der Waals surface area (Å²) in [4.78, 5) is 16.0. The fourth-order valence-corrected chi connectivity index (χ4v) is 4.29. The Balaban J connectivity index is 1.31. The van der Waals surface area contributed by atoms with Crippen molar-refractivity contribution >= 4 is 17.2 Å². The number of amides is 1. The molecular formula is C18H28N2O2S. The average molecular weight is 337 g/mol. The largest absolute Gasteiger partial charge is 0.375 e. The monoisotopic (exact) mass is 336 g/mol. The van der Waals surface area contributed by atoms with Gasteiger partial charge in [-0.3, -0.25) is 9.69 Å². The molecule has 23 heavy (non-hydrogen) atoms. The second kappa shape index (κ2) is 8.27. The predicted molar refractivity (Wildman–Crippen MR) is 93.6 cm³/mol. The highest BCUT2D eigenvalue weighted by atomic mass is 32.1. The highest BCUT2D eigenvalue weighted by molar-refractivity contribution is 7.09. The zero-order valence-corrected chi connectivity index (χ0v) is 14.8. The second-order valence-corrected chi connectivity index (χ2v) is 7.91. The first-order valence-corrected chi connectivity index (χ1v) is 9.76. The standard InChI is InChI=1S/C18H28N2O2S/c1-14-4-5-16(22-14)6-7-18(21)19-15-8-10-20(11-9-15)13-17-3-2-12-23-17/h2-3,12,14-16H,4-11,13H2,1H3,(H,19,21)/t14-,16+/m0/s1. The van der Waals surface area contributed by atoms with Crippen molar-refractivity contribution in [3.05, 3.63) is 22.4 Å². The van der Waals surface area contributed by atoms with Gasteiger partial charge in [0.2, 0.25) is 5.91 Å². The normalized spacial score (nSPS) is 26.5. The van der Waals surface area contributed by atoms with Gasteiger partial charge in [0, 0.05) is 37.0 Å². The zero-order valence-electron chi connectivity index (χ0n) is 14.0. The van der Waals surface area contributed by atoms with E-state index in [0.29, 0.717) is 24.7 Å². The molecule has 0 radical (unpaired) electrons. The Hall–Kier alpha value is -0.910. The maximum atomic E-state index is 12.1. The topological polar surface area (TPSA) is 41.6 Å². The number of thiophene rings is 1. The molecule has 2 aliphatic heterocycles. The van der Waals surface area contributed by atoms with E-state index >= 15 is 0 Å². The number of nitrogens with zero attached hydrogens (tertiary/aromatic N) is 1. The highest BCUT2D eigenvalue weighted by Crippen LogP contribution is 2.22. The third-order valence-electron chi connectivity index (χ3n) is 4.93. The van der Waals surface area contributed by atoms with Gasteiger partial charge < -0.3 is 10.1 Å². The van der Waals surface area contributed by atoms with Crippen LogP contribution in [0.2, 0.25) is 0 Å². The molecule has 2 atom stereocenters. The highest BCUT2D eigenvalue weighted by Gasteiger charge is 2.24. The lowest BCUT2D eigenvalue weighted by Gasteiger charge is -2.32. The summed E-state index contributed by atoms with van der Waals surface area (Å²) in [6.45, 7) is 5.32. The SMILES string of the molecule is C[C@H]1CC[C@H](CCC(=O)NC2CCN(Cc3cccs3)CC2)O1. The van der Waals surface area contributed by atoms with Gasteiger partial charge in [0.15, 0.2) is 0 Å². The van der Waals surface area contributed by atoms with Gasteiger partial charge in [-0.25, -0.2) is 0 Å². The van der Waals surface area contributed by atoms with Crippen LogP contribution in [-0.2, 0) is 16.1 Å². The maximum Gasteiger partial charge on any atom is 0.220 e. The number of nitrogens with one attached hydrogen (secondary N) is 1. The van der Waals surface area contributed by atoms with Gasteiger partial charge in [-0.1, -0.05) is 6.07 Å². The first-order chi connectivity index (χ1) is 11.2. The predicted octanol–water partition coefficient (Wildman–Crippen LogP) is 3.18. The molecule has 1 amide bonds. The van der Waals surface area contributed by atoms with Crippen LogP contribution >= 0.6 is 11.3 Å². The average Bonchev–Trinajstić information content (AvgIpc) is 3.19. The minimum atomic E-state index is 0.199. The van der Waals surface area contributed by atoms with Crippen molar-refractivity contribution in [3.8, 4) is 0 Å². The van der Waals surface area contributed by atoms with Crippen molar-refractivity contribution in [3.63, 3.8) is 0 Å². The van der Waals surface area contributed by atoms with Gasteiger partial charge in [-0.15, -0.1) is 11.3 Å². The fourth-order valence-electron chi connectivity index (χ4n) is 3.55. The fraction of sp³-hybridized carbons (Fsp3) is 0.722. The third kappa shape index (κ3) is 5.30. The van der Waals surface area contributed by atoms with E-state index in [-0.39, 0.29) is 5.91 Å². The van der Waals surface area contributed by atoms with Crippen molar-refractivity contribution in [2.45, 2.75) is 70.2 Å². The number of rotatable bonds is 6. The van der Waals surface area contributed by atoms with Crippen LogP contribution in [0.5, 0.6) is 0 Å². The number of likely N-dealkylation sites (tertiary alicyclic amines) is 1. The van der Waals surface area contributed by atoms with Crippen LogP contribution in [0.15, 0.2) is 17.5 Å². The molecule has 3 rings (SSSR count). The van der Waals surface area contributed by atoms with Gasteiger partial charge in [-0.2, -0.15) is 0 Å². The van der Waals surface area contributed by atoms with Crippen molar-refractivity contribution in [2.24, 2.45) is 0 Å². The number of hydrogen-bond acceptors (Lipinski definition) is 4. The molecule has 1 N–H and O–H groups in total. The van der Waals surface area contributed by atoms with Crippen LogP contribution < -0.4 is 5.32 Å². The van der Waals surface area contributed by atoms with E-state index in [2.05, 4.69) is 34.7 Å². The molecule has 0 unspecified atom stereocenters. The molecule has 0 saturated carbocycles. The van der Waals surface area contributed by atoms with E-state index in [4.69, 9.17) is 4.74 Å². The Kier molecular flexibility index (Phi) is 6.08. The summed E-state index contributed by atoms with van der Waals surface area (Å²) in [7, 11) is 0. The van der Waals surface area contributed by atoms with Crippen molar-refractivity contribution in [2.75, 3.05) is 13.1 Å². The molecule has 0 aromatic carbocycles. The van der Waals surface area contributed by atoms with Crippen LogP contribution in [0.25, 0.3) is 0 Å². The van der Waals surface area contributed by atoms with E-state index in [0.717, 1.165) is 51.7 Å². The summed E-state index contributed by atoms with van der Waals surface area (Å²) < 4.78 is 5.78. The number of carbonyl (C=O) groups is 1. The molecule has 2 aliphatic rings. The molecule has 1 aromatic heterocycles. The third-order valence-corrected chi connectivity index (χ3v) is 5.79. The summed E-state index contributed by atoms with van der Waals surface area (Å²) >= 11 is 1.82. The van der Waals surface area contributed by atoms with E-state index in [1.165, 1.54) is 4.88 Å². The van der Waals surface area contributed by atoms with Gasteiger partial charge in [-0.05, 0) is 50.5 Å². The minimum absolute atomic E-state index is 0.199. The van der Waals surface area contributed by atoms with Gasteiger partial charge in [0.05, 0.1) is 12.2 Å². The summed E-state index contributed by atoms with van der Waals surface area (Å²) in [5.74, 6) is 0.199. The second-order valence-electron chi connectivity index (χ2n) is 6.88. The molecule has 0 spiro atoms. The van der Waals surface area contributed by atoms with E-state index in [9.17, 15) is 4.79 Å². The first-order valence-electron chi connectivity index (χ1n) is 8.88. The molecule has 3 heterocycles. The number of hydrogen-bond donors (Lipinski definition) is 1. The first kappa shape index (κ1) is 16.9. The summed E-state index contributed by atoms with van der Waals surface area (Å²) in [5.41, 5.74) is 0. The van der Waals surface area contributed by atoms with E-state index in [1.54, 1.807) is 0 Å². The molecular weight excluding hydrogens is 308 g/mol. The Morgan fingerprint density at radius 2 is 2.17 bits per heavy atom. The Bertz CT molecular complexity index is 483. The van der Waals surface area contributed by atoms with Gasteiger partial charge in [0.25, 0.3) is 0 Å².